The van der Waals surface area contributed by atoms with Crippen LogP contribution in [-0.4, -0.2) is 8.42 Å². The Morgan fingerprint density at radius 1 is 1.07 bits per heavy atom. The van der Waals surface area contributed by atoms with Gasteiger partial charge in [-0.05, 0) is 12.1 Å². The molecule has 1 aliphatic heterocycles. The zero-order chi connectivity index (χ0) is 10.0. The Morgan fingerprint density at radius 2 is 1.86 bits per heavy atom. The highest BCUT2D eigenvalue weighted by molar-refractivity contribution is 7.90. The predicted octanol–water partition coefficient (Wildman–Crippen LogP) is 1.94. The maximum Gasteiger partial charge on any atom is 0.332 e. The van der Waals surface area contributed by atoms with Crippen LogP contribution in [0.25, 0.3) is 6.08 Å². The van der Waals surface area contributed by atoms with Crippen molar-refractivity contribution in [1.29, 1.82) is 0 Å². The van der Waals surface area contributed by atoms with Crippen LogP contribution in [0, 0.1) is 0 Å². The fraction of sp³-hybridized carbons (Fsp3) is 0. The molecule has 1 aromatic carbocycles. The van der Waals surface area contributed by atoms with Crippen molar-refractivity contribution in [2.24, 2.45) is 0 Å². The lowest BCUT2D eigenvalue weighted by Crippen LogP contribution is -2.06. The molecule has 0 radical (unpaired) electrons. The first-order valence-electron chi connectivity index (χ1n) is 4.06. The van der Waals surface area contributed by atoms with Crippen molar-refractivity contribution in [2.75, 3.05) is 0 Å². The highest BCUT2D eigenvalue weighted by Crippen LogP contribution is 2.22. The van der Waals surface area contributed by atoms with Gasteiger partial charge in [0.15, 0.2) is 0 Å². The third-order valence-electron chi connectivity index (χ3n) is 1.76. The highest BCUT2D eigenvalue weighted by atomic mass is 32.2. The van der Waals surface area contributed by atoms with Gasteiger partial charge in [0, 0.05) is 5.56 Å². The molecule has 1 aliphatic rings. The van der Waals surface area contributed by atoms with Crippen LogP contribution < -0.4 is 4.18 Å². The average molecular weight is 208 g/mol. The van der Waals surface area contributed by atoms with Gasteiger partial charge in [-0.2, -0.15) is 8.42 Å². The Labute approximate surface area is 82.5 Å². The van der Waals surface area contributed by atoms with Gasteiger partial charge in [0.25, 0.3) is 0 Å². The van der Waals surface area contributed by atoms with E-state index in [4.69, 9.17) is 4.18 Å². The number of allylic oxidation sites excluding steroid dienone is 2. The summed E-state index contributed by atoms with van der Waals surface area (Å²) in [5.74, 6) is 0.355. The number of hydrogen-bond donors (Lipinski definition) is 0. The minimum atomic E-state index is -3.59. The number of benzene rings is 1. The fourth-order valence-electron chi connectivity index (χ4n) is 1.15. The van der Waals surface area contributed by atoms with Crippen molar-refractivity contribution in [3.63, 3.8) is 0 Å². The molecule has 0 unspecified atom stereocenters. The highest BCUT2D eigenvalue weighted by Gasteiger charge is 2.11. The van der Waals surface area contributed by atoms with Crippen LogP contribution in [0.4, 0.5) is 0 Å². The molecule has 0 aliphatic carbocycles. The summed E-state index contributed by atoms with van der Waals surface area (Å²) >= 11 is 0. The normalized spacial score (nSPS) is 22.3. The first-order chi connectivity index (χ1) is 6.67. The van der Waals surface area contributed by atoms with Crippen LogP contribution in [0.3, 0.4) is 0 Å². The predicted molar refractivity (Wildman–Crippen MR) is 54.2 cm³/mol. The molecule has 0 aromatic heterocycles. The molecule has 14 heavy (non-hydrogen) atoms. The van der Waals surface area contributed by atoms with Gasteiger partial charge in [0.2, 0.25) is 0 Å². The van der Waals surface area contributed by atoms with E-state index in [-0.39, 0.29) is 0 Å². The molecule has 4 heteroatoms. The second-order valence-electron chi connectivity index (χ2n) is 2.80. The first kappa shape index (κ1) is 9.02. The van der Waals surface area contributed by atoms with Gasteiger partial charge in [-0.3, -0.25) is 0 Å². The molecular weight excluding hydrogens is 200 g/mol. The number of rotatable bonds is 0. The molecule has 0 atom stereocenters. The molecule has 0 saturated heterocycles. The Balaban J connectivity index is 2.58. The van der Waals surface area contributed by atoms with E-state index < -0.39 is 10.1 Å². The standard InChI is InChI=1S/C10H8O3S/c11-14(12)8-4-3-6-9-5-1-2-7-10(9)13-14/h1-8H/b6-3-,8-4-. The van der Waals surface area contributed by atoms with Gasteiger partial charge in [0.1, 0.15) is 5.75 Å². The second-order valence-corrected chi connectivity index (χ2v) is 4.23. The van der Waals surface area contributed by atoms with E-state index in [1.54, 1.807) is 30.4 Å². The van der Waals surface area contributed by atoms with Crippen LogP contribution in [-0.2, 0) is 10.1 Å². The average Bonchev–Trinajstić information content (AvgIpc) is 2.11. The lowest BCUT2D eigenvalue weighted by Gasteiger charge is -2.07. The van der Waals surface area contributed by atoms with E-state index in [9.17, 15) is 8.42 Å². The lowest BCUT2D eigenvalue weighted by molar-refractivity contribution is 0.496. The molecule has 1 aromatic rings. The van der Waals surface area contributed by atoms with Crippen LogP contribution in [0.1, 0.15) is 5.56 Å². The molecule has 0 saturated carbocycles. The van der Waals surface area contributed by atoms with Crippen molar-refractivity contribution < 1.29 is 12.6 Å². The summed E-state index contributed by atoms with van der Waals surface area (Å²) < 4.78 is 27.3. The Hall–Kier alpha value is -1.55. The fourth-order valence-corrected chi connectivity index (χ4v) is 1.89. The molecule has 2 rings (SSSR count). The largest absolute Gasteiger partial charge is 0.379 e. The van der Waals surface area contributed by atoms with Gasteiger partial charge < -0.3 is 4.18 Å². The molecule has 0 bridgehead atoms. The molecule has 0 amide bonds. The molecule has 0 spiro atoms. The SMILES string of the molecule is O=S1(=O)/C=C\C=C/c2ccccc2O1. The molecular formula is C10H8O3S. The van der Waals surface area contributed by atoms with Crippen molar-refractivity contribution in [2.45, 2.75) is 0 Å². The number of fused-ring (bicyclic) bond motifs is 1. The number of para-hydroxylation sites is 1. The maximum absolute atomic E-state index is 11.2. The smallest absolute Gasteiger partial charge is 0.332 e. The zero-order valence-corrected chi connectivity index (χ0v) is 8.07. The van der Waals surface area contributed by atoms with Crippen LogP contribution in [0.2, 0.25) is 0 Å². The Kier molecular flexibility index (Phi) is 2.13. The summed E-state index contributed by atoms with van der Waals surface area (Å²) in [5.41, 5.74) is 0.750. The quantitative estimate of drug-likeness (QED) is 0.612. The minimum Gasteiger partial charge on any atom is -0.379 e. The summed E-state index contributed by atoms with van der Waals surface area (Å²) in [6.07, 6.45) is 4.89. The third-order valence-corrected chi connectivity index (χ3v) is 2.66. The van der Waals surface area contributed by atoms with Crippen LogP contribution >= 0.6 is 0 Å². The monoisotopic (exact) mass is 208 g/mol. The summed E-state index contributed by atoms with van der Waals surface area (Å²) in [5, 5.41) is 1.03. The van der Waals surface area contributed by atoms with E-state index in [2.05, 4.69) is 0 Å². The van der Waals surface area contributed by atoms with Crippen molar-refractivity contribution in [1.82, 2.24) is 0 Å². The Morgan fingerprint density at radius 3 is 2.71 bits per heavy atom. The van der Waals surface area contributed by atoms with E-state index in [1.807, 2.05) is 6.07 Å². The van der Waals surface area contributed by atoms with Gasteiger partial charge in [0.05, 0.1) is 5.41 Å². The topological polar surface area (TPSA) is 43.4 Å². The van der Waals surface area contributed by atoms with Crippen LogP contribution in [0.5, 0.6) is 5.75 Å². The van der Waals surface area contributed by atoms with E-state index in [0.29, 0.717) is 5.75 Å². The molecule has 0 fully saturated rings. The lowest BCUT2D eigenvalue weighted by atomic mass is 10.2. The molecule has 72 valence electrons. The number of hydrogen-bond acceptors (Lipinski definition) is 3. The summed E-state index contributed by atoms with van der Waals surface area (Å²) in [4.78, 5) is 0. The van der Waals surface area contributed by atoms with Crippen molar-refractivity contribution in [3.05, 3.63) is 47.4 Å². The summed E-state index contributed by atoms with van der Waals surface area (Å²) in [7, 11) is -3.59. The van der Waals surface area contributed by atoms with Gasteiger partial charge in [-0.15, -0.1) is 0 Å². The van der Waals surface area contributed by atoms with Crippen molar-refractivity contribution in [3.8, 4) is 5.75 Å². The third kappa shape index (κ3) is 1.85. The van der Waals surface area contributed by atoms with E-state index in [0.717, 1.165) is 11.0 Å². The van der Waals surface area contributed by atoms with E-state index in [1.165, 1.54) is 6.08 Å². The summed E-state index contributed by atoms with van der Waals surface area (Å²) in [6, 6.07) is 6.97. The van der Waals surface area contributed by atoms with Crippen LogP contribution in [0.15, 0.2) is 41.8 Å². The molecule has 0 N–H and O–H groups in total. The van der Waals surface area contributed by atoms with Gasteiger partial charge >= 0.3 is 10.1 Å². The van der Waals surface area contributed by atoms with E-state index >= 15 is 0 Å². The zero-order valence-electron chi connectivity index (χ0n) is 7.25. The first-order valence-corrected chi connectivity index (χ1v) is 5.53. The Bertz CT molecular complexity index is 498. The van der Waals surface area contributed by atoms with Crippen molar-refractivity contribution >= 4 is 16.2 Å². The second kappa shape index (κ2) is 3.31. The summed E-state index contributed by atoms with van der Waals surface area (Å²) in [6.45, 7) is 0. The maximum atomic E-state index is 11.2. The molecule has 3 nitrogen and oxygen atoms in total. The minimum absolute atomic E-state index is 0.355. The van der Waals surface area contributed by atoms with Gasteiger partial charge in [-0.25, -0.2) is 0 Å². The van der Waals surface area contributed by atoms with Gasteiger partial charge in [-0.1, -0.05) is 30.4 Å². The molecule has 1 heterocycles.